The van der Waals surface area contributed by atoms with Gasteiger partial charge in [0.1, 0.15) is 11.4 Å². The number of esters is 1. The fraction of sp³-hybridized carbons (Fsp3) is 0.478. The Labute approximate surface area is 167 Å². The third-order valence-electron chi connectivity index (χ3n) is 5.60. The van der Waals surface area contributed by atoms with Crippen LogP contribution in [0.3, 0.4) is 0 Å². The largest absolute Gasteiger partial charge is 0.508 e. The topological polar surface area (TPSA) is 62.7 Å². The number of phenolic OH excluding ortho intramolecular Hbond substituents is 1. The van der Waals surface area contributed by atoms with E-state index in [1.54, 1.807) is 6.07 Å². The maximum absolute atomic E-state index is 11.8. The van der Waals surface area contributed by atoms with Gasteiger partial charge in [-0.15, -0.1) is 0 Å². The monoisotopic (exact) mass is 382 g/mol. The smallest absolute Gasteiger partial charge is 0.356 e. The van der Waals surface area contributed by atoms with Gasteiger partial charge in [-0.25, -0.2) is 9.78 Å². The lowest BCUT2D eigenvalue weighted by molar-refractivity contribution is 0.0593. The SMILES string of the molecule is CCCCN(CCc1ccccc1O)C1CCCc2cc(C(=O)OC)ncc21. The van der Waals surface area contributed by atoms with E-state index in [0.29, 0.717) is 17.5 Å². The maximum Gasteiger partial charge on any atom is 0.356 e. The summed E-state index contributed by atoms with van der Waals surface area (Å²) in [6.45, 7) is 4.12. The summed E-state index contributed by atoms with van der Waals surface area (Å²) in [4.78, 5) is 18.7. The number of fused-ring (bicyclic) bond motifs is 1. The van der Waals surface area contributed by atoms with Crippen molar-refractivity contribution in [2.75, 3.05) is 20.2 Å². The van der Waals surface area contributed by atoms with Crippen LogP contribution in [-0.2, 0) is 17.6 Å². The number of aryl methyl sites for hydroxylation is 1. The molecule has 0 saturated heterocycles. The molecule has 1 unspecified atom stereocenters. The number of para-hydroxylation sites is 1. The van der Waals surface area contributed by atoms with Gasteiger partial charge in [0.25, 0.3) is 0 Å². The molecule has 2 aromatic rings. The van der Waals surface area contributed by atoms with Gasteiger partial charge in [-0.2, -0.15) is 0 Å². The molecule has 28 heavy (non-hydrogen) atoms. The van der Waals surface area contributed by atoms with Crippen LogP contribution in [0.5, 0.6) is 5.75 Å². The molecule has 1 N–H and O–H groups in total. The van der Waals surface area contributed by atoms with E-state index in [-0.39, 0.29) is 5.97 Å². The van der Waals surface area contributed by atoms with Crippen molar-refractivity contribution < 1.29 is 14.6 Å². The third kappa shape index (κ3) is 4.71. The molecule has 1 heterocycles. The summed E-state index contributed by atoms with van der Waals surface area (Å²) in [6, 6.07) is 9.77. The normalized spacial score (nSPS) is 16.0. The van der Waals surface area contributed by atoms with Crippen molar-refractivity contribution in [1.29, 1.82) is 0 Å². The van der Waals surface area contributed by atoms with E-state index in [4.69, 9.17) is 4.74 Å². The lowest BCUT2D eigenvalue weighted by Crippen LogP contribution is -2.34. The molecule has 1 aromatic heterocycles. The van der Waals surface area contributed by atoms with E-state index < -0.39 is 0 Å². The number of aromatic nitrogens is 1. The molecule has 0 spiro atoms. The minimum absolute atomic E-state index is 0.306. The number of unbranched alkanes of at least 4 members (excludes halogenated alkanes) is 1. The summed E-state index contributed by atoms with van der Waals surface area (Å²) in [5, 5.41) is 10.1. The number of benzene rings is 1. The standard InChI is InChI=1S/C23H30N2O3/c1-3-4-13-25(14-12-17-8-5-6-11-22(17)26)21-10-7-9-18-15-20(23(27)28-2)24-16-19(18)21/h5-6,8,11,15-16,21,26H,3-4,7,9-10,12-14H2,1-2H3. The lowest BCUT2D eigenvalue weighted by atomic mass is 9.87. The third-order valence-corrected chi connectivity index (χ3v) is 5.60. The molecule has 0 radical (unpaired) electrons. The summed E-state index contributed by atoms with van der Waals surface area (Å²) < 4.78 is 4.82. The Morgan fingerprint density at radius 1 is 1.32 bits per heavy atom. The number of rotatable bonds is 8. The highest BCUT2D eigenvalue weighted by Crippen LogP contribution is 2.35. The highest BCUT2D eigenvalue weighted by molar-refractivity contribution is 5.87. The van der Waals surface area contributed by atoms with Gasteiger partial charge in [-0.1, -0.05) is 31.5 Å². The number of carbonyl (C=O) groups is 1. The van der Waals surface area contributed by atoms with Crippen molar-refractivity contribution in [3.8, 4) is 5.75 Å². The Morgan fingerprint density at radius 3 is 2.89 bits per heavy atom. The van der Waals surface area contributed by atoms with Gasteiger partial charge in [0.05, 0.1) is 7.11 Å². The second kappa shape index (κ2) is 9.69. The molecule has 3 rings (SSSR count). The number of methoxy groups -OCH3 is 1. The van der Waals surface area contributed by atoms with Gasteiger partial charge in [0.15, 0.2) is 0 Å². The lowest BCUT2D eigenvalue weighted by Gasteiger charge is -2.36. The molecule has 0 bridgehead atoms. The average molecular weight is 383 g/mol. The molecule has 1 atom stereocenters. The minimum atomic E-state index is -0.382. The van der Waals surface area contributed by atoms with Gasteiger partial charge in [-0.3, -0.25) is 4.90 Å². The van der Waals surface area contributed by atoms with Gasteiger partial charge in [0, 0.05) is 18.8 Å². The van der Waals surface area contributed by atoms with Crippen molar-refractivity contribution in [3.05, 3.63) is 58.9 Å². The zero-order chi connectivity index (χ0) is 19.9. The Balaban J connectivity index is 1.81. The van der Waals surface area contributed by atoms with Gasteiger partial charge in [-0.05, 0) is 67.5 Å². The molecular formula is C23H30N2O3. The first-order valence-corrected chi connectivity index (χ1v) is 10.2. The Hall–Kier alpha value is -2.40. The van der Waals surface area contributed by atoms with Crippen LogP contribution in [0.25, 0.3) is 0 Å². The first kappa shape index (κ1) is 20.3. The van der Waals surface area contributed by atoms with Crippen molar-refractivity contribution in [2.45, 2.75) is 51.5 Å². The van der Waals surface area contributed by atoms with Crippen LogP contribution in [0.4, 0.5) is 0 Å². The molecular weight excluding hydrogens is 352 g/mol. The summed E-state index contributed by atoms with van der Waals surface area (Å²) in [5.41, 5.74) is 3.80. The quantitative estimate of drug-likeness (QED) is 0.690. The van der Waals surface area contributed by atoms with Crippen molar-refractivity contribution in [2.24, 2.45) is 0 Å². The van der Waals surface area contributed by atoms with Gasteiger partial charge in [0.2, 0.25) is 0 Å². The van der Waals surface area contributed by atoms with Gasteiger partial charge < -0.3 is 9.84 Å². The number of nitrogens with zero attached hydrogens (tertiary/aromatic N) is 2. The number of pyridine rings is 1. The molecule has 1 aliphatic carbocycles. The average Bonchev–Trinajstić information content (AvgIpc) is 2.73. The number of hydrogen-bond acceptors (Lipinski definition) is 5. The second-order valence-electron chi connectivity index (χ2n) is 7.44. The highest BCUT2D eigenvalue weighted by Gasteiger charge is 2.27. The molecule has 5 nitrogen and oxygen atoms in total. The van der Waals surface area contributed by atoms with Crippen LogP contribution in [0.1, 0.15) is 65.8 Å². The number of aromatic hydroxyl groups is 1. The summed E-state index contributed by atoms with van der Waals surface area (Å²) in [7, 11) is 1.39. The highest BCUT2D eigenvalue weighted by atomic mass is 16.5. The Kier molecular flexibility index (Phi) is 7.04. The van der Waals surface area contributed by atoms with Crippen LogP contribution >= 0.6 is 0 Å². The molecule has 1 aliphatic rings. The fourth-order valence-corrected chi connectivity index (χ4v) is 4.03. The second-order valence-corrected chi connectivity index (χ2v) is 7.44. The molecule has 0 saturated carbocycles. The molecule has 5 heteroatoms. The summed E-state index contributed by atoms with van der Waals surface area (Å²) >= 11 is 0. The van der Waals surface area contributed by atoms with Crippen LogP contribution in [-0.4, -0.2) is 41.2 Å². The first-order valence-electron chi connectivity index (χ1n) is 10.2. The number of phenols is 1. The number of ether oxygens (including phenoxy) is 1. The molecule has 0 amide bonds. The minimum Gasteiger partial charge on any atom is -0.508 e. The van der Waals surface area contributed by atoms with E-state index in [2.05, 4.69) is 16.8 Å². The van der Waals surface area contributed by atoms with Crippen LogP contribution in [0.15, 0.2) is 36.5 Å². The van der Waals surface area contributed by atoms with E-state index in [1.807, 2.05) is 30.5 Å². The molecule has 0 fully saturated rings. The predicted octanol–water partition coefficient (Wildman–Crippen LogP) is 4.30. The van der Waals surface area contributed by atoms with Crippen LogP contribution in [0, 0.1) is 0 Å². The summed E-state index contributed by atoms with van der Waals surface area (Å²) in [5.74, 6) is -0.0151. The van der Waals surface area contributed by atoms with E-state index in [1.165, 1.54) is 18.2 Å². The number of carbonyl (C=O) groups excluding carboxylic acids is 1. The van der Waals surface area contributed by atoms with Crippen molar-refractivity contribution >= 4 is 5.97 Å². The first-order chi connectivity index (χ1) is 13.6. The van der Waals surface area contributed by atoms with Crippen molar-refractivity contribution in [3.63, 3.8) is 0 Å². The fourth-order valence-electron chi connectivity index (χ4n) is 4.03. The van der Waals surface area contributed by atoms with Crippen LogP contribution < -0.4 is 0 Å². The van der Waals surface area contributed by atoms with E-state index >= 15 is 0 Å². The number of hydrogen-bond donors (Lipinski definition) is 1. The molecule has 150 valence electrons. The molecule has 1 aromatic carbocycles. The van der Waals surface area contributed by atoms with Crippen molar-refractivity contribution in [1.82, 2.24) is 9.88 Å². The van der Waals surface area contributed by atoms with Crippen LogP contribution in [0.2, 0.25) is 0 Å². The van der Waals surface area contributed by atoms with E-state index in [0.717, 1.165) is 57.2 Å². The zero-order valence-electron chi connectivity index (χ0n) is 16.9. The maximum atomic E-state index is 11.8. The van der Waals surface area contributed by atoms with Gasteiger partial charge >= 0.3 is 5.97 Å². The zero-order valence-corrected chi connectivity index (χ0v) is 16.9. The van der Waals surface area contributed by atoms with E-state index in [9.17, 15) is 9.90 Å². The Morgan fingerprint density at radius 2 is 2.14 bits per heavy atom. The summed E-state index contributed by atoms with van der Waals surface area (Å²) in [6.07, 6.45) is 8.13. The predicted molar refractivity (Wildman–Crippen MR) is 110 cm³/mol. The Bertz CT molecular complexity index is 806. The molecule has 0 aliphatic heterocycles.